The third kappa shape index (κ3) is 4.56. The molecule has 0 bridgehead atoms. The van der Waals surface area contributed by atoms with Crippen molar-refractivity contribution in [2.75, 3.05) is 47.5 Å². The molecule has 8 heteroatoms. The minimum absolute atomic E-state index is 0.0673. The molecule has 1 aliphatic heterocycles. The zero-order chi connectivity index (χ0) is 22.5. The number of hydrogen-bond acceptors (Lipinski definition) is 8. The maximum Gasteiger partial charge on any atom is 0.244 e. The van der Waals surface area contributed by atoms with E-state index >= 15 is 0 Å². The number of hydrogen-bond donors (Lipinski definition) is 0. The fourth-order valence-electron chi connectivity index (χ4n) is 4.10. The van der Waals surface area contributed by atoms with E-state index in [0.29, 0.717) is 23.2 Å². The van der Waals surface area contributed by atoms with Crippen LogP contribution in [0.5, 0.6) is 17.2 Å². The summed E-state index contributed by atoms with van der Waals surface area (Å²) in [6.07, 6.45) is 0. The molecule has 1 atom stereocenters. The summed E-state index contributed by atoms with van der Waals surface area (Å²) < 4.78 is 22.1. The lowest BCUT2D eigenvalue weighted by molar-refractivity contribution is 0.0840. The third-order valence-corrected chi connectivity index (χ3v) is 5.97. The highest BCUT2D eigenvalue weighted by molar-refractivity contribution is 5.56. The van der Waals surface area contributed by atoms with Crippen LogP contribution in [-0.4, -0.2) is 67.4 Å². The van der Waals surface area contributed by atoms with Gasteiger partial charge < -0.3 is 18.7 Å². The number of methoxy groups -OCH3 is 3. The number of benzene rings is 2. The van der Waals surface area contributed by atoms with Crippen molar-refractivity contribution in [1.29, 1.82) is 0 Å². The van der Waals surface area contributed by atoms with Crippen LogP contribution in [-0.2, 0) is 6.54 Å². The van der Waals surface area contributed by atoms with Crippen LogP contribution in [0.3, 0.4) is 0 Å². The van der Waals surface area contributed by atoms with Crippen molar-refractivity contribution in [2.24, 2.45) is 0 Å². The van der Waals surface area contributed by atoms with Crippen molar-refractivity contribution < 1.29 is 18.7 Å². The van der Waals surface area contributed by atoms with Gasteiger partial charge in [-0.2, -0.15) is 4.98 Å². The topological polar surface area (TPSA) is 73.1 Å². The van der Waals surface area contributed by atoms with Gasteiger partial charge in [0.1, 0.15) is 0 Å². The Balaban J connectivity index is 1.38. The van der Waals surface area contributed by atoms with Crippen LogP contribution in [0.25, 0.3) is 11.4 Å². The smallest absolute Gasteiger partial charge is 0.244 e. The van der Waals surface area contributed by atoms with Crippen LogP contribution in [0.15, 0.2) is 47.0 Å². The van der Waals surface area contributed by atoms with Crippen LogP contribution < -0.4 is 14.2 Å². The van der Waals surface area contributed by atoms with E-state index in [1.807, 2.05) is 42.5 Å². The van der Waals surface area contributed by atoms with E-state index in [-0.39, 0.29) is 6.04 Å². The molecule has 1 aliphatic rings. The third-order valence-electron chi connectivity index (χ3n) is 5.97. The Labute approximate surface area is 188 Å². The predicted molar refractivity (Wildman–Crippen MR) is 121 cm³/mol. The minimum Gasteiger partial charge on any atom is -0.493 e. The molecule has 1 saturated heterocycles. The second-order valence-electron chi connectivity index (χ2n) is 7.80. The van der Waals surface area contributed by atoms with E-state index in [1.165, 1.54) is 0 Å². The summed E-state index contributed by atoms with van der Waals surface area (Å²) in [6.45, 7) is 6.60. The predicted octanol–water partition coefficient (Wildman–Crippen LogP) is 3.64. The molecule has 0 saturated carbocycles. The first-order valence-electron chi connectivity index (χ1n) is 10.8. The lowest BCUT2D eigenvalue weighted by Gasteiger charge is -2.37. The van der Waals surface area contributed by atoms with Crippen molar-refractivity contribution in [3.8, 4) is 28.6 Å². The monoisotopic (exact) mass is 438 g/mol. The molecule has 1 aromatic heterocycles. The summed E-state index contributed by atoms with van der Waals surface area (Å²) in [7, 11) is 4.92. The zero-order valence-electron chi connectivity index (χ0n) is 19.1. The molecule has 170 valence electrons. The Morgan fingerprint density at radius 3 is 2.28 bits per heavy atom. The van der Waals surface area contributed by atoms with Gasteiger partial charge in [0, 0.05) is 43.9 Å². The quantitative estimate of drug-likeness (QED) is 0.528. The molecular formula is C24H30N4O4. The molecule has 2 aromatic carbocycles. The average molecular weight is 439 g/mol. The Morgan fingerprint density at radius 1 is 0.906 bits per heavy atom. The van der Waals surface area contributed by atoms with E-state index in [1.54, 1.807) is 21.3 Å². The molecule has 0 amide bonds. The average Bonchev–Trinajstić information content (AvgIpc) is 3.34. The van der Waals surface area contributed by atoms with E-state index in [9.17, 15) is 0 Å². The minimum atomic E-state index is 0.0673. The Bertz CT molecular complexity index is 1020. The standard InChI is InChI=1S/C24H30N4O4/c1-17(24-25-23(26-32-24)18-8-6-5-7-9-18)28-14-12-27(13-15-28)16-19-10-11-20(29-2)22(31-4)21(19)30-3/h5-11,17H,12-16H2,1-4H3. The van der Waals surface area contributed by atoms with E-state index in [2.05, 4.69) is 26.9 Å². The number of aromatic nitrogens is 2. The molecule has 2 heterocycles. The van der Waals surface area contributed by atoms with Gasteiger partial charge in [-0.1, -0.05) is 41.6 Å². The van der Waals surface area contributed by atoms with Gasteiger partial charge in [0.25, 0.3) is 0 Å². The van der Waals surface area contributed by atoms with Crippen molar-refractivity contribution in [3.05, 3.63) is 53.9 Å². The van der Waals surface area contributed by atoms with Crippen molar-refractivity contribution >= 4 is 0 Å². The summed E-state index contributed by atoms with van der Waals surface area (Å²) in [6, 6.07) is 13.9. The SMILES string of the molecule is COc1ccc(CN2CCN(C(C)c3nc(-c4ccccc4)no3)CC2)c(OC)c1OC. The molecular weight excluding hydrogens is 408 g/mol. The van der Waals surface area contributed by atoms with Crippen molar-refractivity contribution in [3.63, 3.8) is 0 Å². The highest BCUT2D eigenvalue weighted by Gasteiger charge is 2.27. The fraction of sp³-hybridized carbons (Fsp3) is 0.417. The molecule has 4 rings (SSSR count). The van der Waals surface area contributed by atoms with Crippen LogP contribution in [0.1, 0.15) is 24.4 Å². The van der Waals surface area contributed by atoms with Gasteiger partial charge in [-0.05, 0) is 13.0 Å². The molecule has 32 heavy (non-hydrogen) atoms. The van der Waals surface area contributed by atoms with Crippen LogP contribution >= 0.6 is 0 Å². The van der Waals surface area contributed by atoms with Crippen molar-refractivity contribution in [2.45, 2.75) is 19.5 Å². The van der Waals surface area contributed by atoms with E-state index < -0.39 is 0 Å². The molecule has 1 unspecified atom stereocenters. The summed E-state index contributed by atoms with van der Waals surface area (Å²) in [4.78, 5) is 9.42. The number of ether oxygens (including phenoxy) is 3. The Kier molecular flexibility index (Phi) is 6.92. The van der Waals surface area contributed by atoms with Gasteiger partial charge in [0.15, 0.2) is 11.5 Å². The summed E-state index contributed by atoms with van der Waals surface area (Å²) >= 11 is 0. The summed E-state index contributed by atoms with van der Waals surface area (Å²) in [5.41, 5.74) is 2.04. The lowest BCUT2D eigenvalue weighted by atomic mass is 10.1. The normalized spacial score (nSPS) is 16.0. The second-order valence-corrected chi connectivity index (χ2v) is 7.80. The maximum absolute atomic E-state index is 5.64. The highest BCUT2D eigenvalue weighted by atomic mass is 16.5. The molecule has 3 aromatic rings. The summed E-state index contributed by atoms with van der Waals surface area (Å²) in [5, 5.41) is 4.16. The van der Waals surface area contributed by atoms with Gasteiger partial charge in [-0.15, -0.1) is 0 Å². The van der Waals surface area contributed by atoms with Crippen LogP contribution in [0, 0.1) is 0 Å². The maximum atomic E-state index is 5.64. The van der Waals surface area contributed by atoms with Crippen molar-refractivity contribution in [1.82, 2.24) is 19.9 Å². The molecule has 0 spiro atoms. The number of rotatable bonds is 8. The Morgan fingerprint density at radius 2 is 1.62 bits per heavy atom. The van der Waals surface area contributed by atoms with Gasteiger partial charge >= 0.3 is 0 Å². The Hall–Kier alpha value is -3.10. The van der Waals surface area contributed by atoms with Gasteiger partial charge in [0.2, 0.25) is 17.5 Å². The summed E-state index contributed by atoms with van der Waals surface area (Å²) in [5.74, 6) is 3.30. The molecule has 0 radical (unpaired) electrons. The molecule has 0 N–H and O–H groups in total. The highest BCUT2D eigenvalue weighted by Crippen LogP contribution is 2.40. The van der Waals surface area contributed by atoms with Gasteiger partial charge in [0.05, 0.1) is 27.4 Å². The zero-order valence-corrected chi connectivity index (χ0v) is 19.1. The first kappa shape index (κ1) is 22.1. The largest absolute Gasteiger partial charge is 0.493 e. The lowest BCUT2D eigenvalue weighted by Crippen LogP contribution is -2.46. The van der Waals surface area contributed by atoms with Gasteiger partial charge in [-0.25, -0.2) is 0 Å². The number of piperazine rings is 1. The molecule has 1 fully saturated rings. The fourth-order valence-corrected chi connectivity index (χ4v) is 4.10. The second kappa shape index (κ2) is 10.0. The van der Waals surface area contributed by atoms with Gasteiger partial charge in [-0.3, -0.25) is 9.80 Å². The first-order chi connectivity index (χ1) is 15.6. The van der Waals surface area contributed by atoms with Crippen LogP contribution in [0.4, 0.5) is 0 Å². The first-order valence-corrected chi connectivity index (χ1v) is 10.8. The molecule has 8 nitrogen and oxygen atoms in total. The molecule has 0 aliphatic carbocycles. The van der Waals surface area contributed by atoms with E-state index in [4.69, 9.17) is 18.7 Å². The van der Waals surface area contributed by atoms with E-state index in [0.717, 1.165) is 49.6 Å². The number of nitrogens with zero attached hydrogens (tertiary/aromatic N) is 4. The van der Waals surface area contributed by atoms with Crippen LogP contribution in [0.2, 0.25) is 0 Å².